The molecule has 1 heterocycles. The van der Waals surface area contributed by atoms with Gasteiger partial charge in [-0.15, -0.1) is 0 Å². The molecule has 0 radical (unpaired) electrons. The molecule has 0 aliphatic carbocycles. The largest absolute Gasteiger partial charge is 0.405 e. The smallest absolute Gasteiger partial charge is 0.329 e. The summed E-state index contributed by atoms with van der Waals surface area (Å²) in [5.41, 5.74) is 0. The molecule has 0 saturated carbocycles. The fourth-order valence-electron chi connectivity index (χ4n) is 0.544. The van der Waals surface area contributed by atoms with Crippen molar-refractivity contribution in [1.29, 1.82) is 0 Å². The van der Waals surface area contributed by atoms with Gasteiger partial charge in [0, 0.05) is 0 Å². The van der Waals surface area contributed by atoms with Crippen molar-refractivity contribution in [3.63, 3.8) is 0 Å². The Bertz CT molecular complexity index is 295. The van der Waals surface area contributed by atoms with E-state index >= 15 is 0 Å². The summed E-state index contributed by atoms with van der Waals surface area (Å²) in [5.74, 6) is -0.135. The number of rotatable bonds is 2. The molecule has 0 aliphatic rings. The minimum absolute atomic E-state index is 0.135. The average molecular weight is 210 g/mol. The third-order valence-electron chi connectivity index (χ3n) is 1.03. The molecule has 2 amide bonds. The van der Waals surface area contributed by atoms with E-state index in [1.165, 1.54) is 0 Å². The second-order valence-corrected chi connectivity index (χ2v) is 2.17. The first-order chi connectivity index (χ1) is 6.47. The summed E-state index contributed by atoms with van der Waals surface area (Å²) in [6.45, 7) is -1.42. The Morgan fingerprint density at radius 1 is 1.50 bits per heavy atom. The number of carbonyl (C=O) groups excluding carboxylic acids is 1. The minimum atomic E-state index is -4.45. The van der Waals surface area contributed by atoms with E-state index in [0.29, 0.717) is 0 Å². The number of halogens is 3. The number of H-pyrrole nitrogens is 1. The number of tetrazole rings is 1. The summed E-state index contributed by atoms with van der Waals surface area (Å²) in [4.78, 5) is 10.7. The maximum Gasteiger partial charge on any atom is 0.405 e. The van der Waals surface area contributed by atoms with Crippen molar-refractivity contribution in [1.82, 2.24) is 25.9 Å². The van der Waals surface area contributed by atoms with Crippen LogP contribution in [0.1, 0.15) is 0 Å². The van der Waals surface area contributed by atoms with Crippen LogP contribution in [0, 0.1) is 0 Å². The van der Waals surface area contributed by atoms with Crippen LogP contribution >= 0.6 is 0 Å². The number of nitrogens with one attached hydrogen (secondary N) is 3. The third kappa shape index (κ3) is 3.69. The van der Waals surface area contributed by atoms with Crippen molar-refractivity contribution in [3.05, 3.63) is 0 Å². The van der Waals surface area contributed by atoms with Crippen molar-refractivity contribution < 1.29 is 18.0 Å². The van der Waals surface area contributed by atoms with Crippen molar-refractivity contribution in [2.24, 2.45) is 0 Å². The van der Waals surface area contributed by atoms with E-state index in [0.717, 1.165) is 0 Å². The SMILES string of the molecule is O=C(NCC(F)(F)F)Nc1nnn[nH]1. The Hall–Kier alpha value is -1.87. The molecule has 14 heavy (non-hydrogen) atoms. The Balaban J connectivity index is 2.30. The van der Waals surface area contributed by atoms with E-state index < -0.39 is 18.8 Å². The number of alkyl halides is 3. The zero-order valence-electron chi connectivity index (χ0n) is 6.59. The average Bonchev–Trinajstić information content (AvgIpc) is 2.52. The van der Waals surface area contributed by atoms with Crippen LogP contribution in [0.5, 0.6) is 0 Å². The van der Waals surface area contributed by atoms with Gasteiger partial charge in [-0.2, -0.15) is 13.2 Å². The molecule has 0 unspecified atom stereocenters. The molecule has 7 nitrogen and oxygen atoms in total. The van der Waals surface area contributed by atoms with Gasteiger partial charge in [0.25, 0.3) is 0 Å². The molecule has 0 fully saturated rings. The molecule has 0 saturated heterocycles. The van der Waals surface area contributed by atoms with E-state index in [-0.39, 0.29) is 5.95 Å². The fourth-order valence-corrected chi connectivity index (χ4v) is 0.544. The van der Waals surface area contributed by atoms with E-state index in [4.69, 9.17) is 0 Å². The highest BCUT2D eigenvalue weighted by molar-refractivity contribution is 5.87. The van der Waals surface area contributed by atoms with Gasteiger partial charge < -0.3 is 5.32 Å². The summed E-state index contributed by atoms with van der Waals surface area (Å²) >= 11 is 0. The van der Waals surface area contributed by atoms with Crippen molar-refractivity contribution >= 4 is 12.0 Å². The number of amides is 2. The van der Waals surface area contributed by atoms with Crippen LogP contribution in [0.3, 0.4) is 0 Å². The standard InChI is InChI=1S/C4H5F3N6O/c5-4(6,7)1-8-3(14)9-2-10-12-13-11-2/h1H2,(H3,8,9,10,11,12,13,14). The molecular weight excluding hydrogens is 205 g/mol. The van der Waals surface area contributed by atoms with Gasteiger partial charge in [-0.05, 0) is 10.4 Å². The maximum atomic E-state index is 11.6. The Kier molecular flexibility index (Phi) is 2.84. The van der Waals surface area contributed by atoms with Crippen LogP contribution < -0.4 is 10.6 Å². The van der Waals surface area contributed by atoms with Gasteiger partial charge in [0.15, 0.2) is 0 Å². The molecule has 0 spiro atoms. The predicted octanol–water partition coefficient (Wildman–Crippen LogP) is -0.117. The van der Waals surface area contributed by atoms with Gasteiger partial charge in [-0.1, -0.05) is 5.10 Å². The fraction of sp³-hybridized carbons (Fsp3) is 0.500. The second kappa shape index (κ2) is 3.89. The number of urea groups is 1. The van der Waals surface area contributed by atoms with Crippen LogP contribution in [0.15, 0.2) is 0 Å². The first-order valence-electron chi connectivity index (χ1n) is 3.33. The van der Waals surface area contributed by atoms with Crippen LogP contribution in [0.25, 0.3) is 0 Å². The molecule has 0 bridgehead atoms. The topological polar surface area (TPSA) is 95.6 Å². The van der Waals surface area contributed by atoms with Crippen LogP contribution in [-0.4, -0.2) is 39.4 Å². The van der Waals surface area contributed by atoms with Crippen LogP contribution in [-0.2, 0) is 0 Å². The lowest BCUT2D eigenvalue weighted by atomic mass is 10.6. The number of hydrogen-bond donors (Lipinski definition) is 3. The molecule has 0 aromatic carbocycles. The molecular formula is C4H5F3N6O. The highest BCUT2D eigenvalue weighted by Gasteiger charge is 2.27. The molecule has 0 aliphatic heterocycles. The summed E-state index contributed by atoms with van der Waals surface area (Å²) in [6.07, 6.45) is -4.45. The highest BCUT2D eigenvalue weighted by atomic mass is 19.4. The predicted molar refractivity (Wildman–Crippen MR) is 37.3 cm³/mol. The molecule has 1 rings (SSSR count). The van der Waals surface area contributed by atoms with E-state index in [9.17, 15) is 18.0 Å². The number of aromatic amines is 1. The highest BCUT2D eigenvalue weighted by Crippen LogP contribution is 2.11. The molecule has 10 heteroatoms. The summed E-state index contributed by atoms with van der Waals surface area (Å²) in [7, 11) is 0. The lowest BCUT2D eigenvalue weighted by Gasteiger charge is -2.07. The zero-order valence-corrected chi connectivity index (χ0v) is 6.59. The van der Waals surface area contributed by atoms with Gasteiger partial charge in [0.2, 0.25) is 5.95 Å². The van der Waals surface area contributed by atoms with Crippen LogP contribution in [0.4, 0.5) is 23.9 Å². The van der Waals surface area contributed by atoms with Gasteiger partial charge in [0.1, 0.15) is 6.54 Å². The number of carbonyl (C=O) groups is 1. The number of hydrogen-bond acceptors (Lipinski definition) is 4. The molecule has 78 valence electrons. The number of nitrogens with zero attached hydrogens (tertiary/aromatic N) is 3. The van der Waals surface area contributed by atoms with Gasteiger partial charge in [0.05, 0.1) is 0 Å². The monoisotopic (exact) mass is 210 g/mol. The Morgan fingerprint density at radius 2 is 2.21 bits per heavy atom. The van der Waals surface area contributed by atoms with E-state index in [2.05, 4.69) is 20.6 Å². The lowest BCUT2D eigenvalue weighted by Crippen LogP contribution is -2.36. The first-order valence-corrected chi connectivity index (χ1v) is 3.33. The summed E-state index contributed by atoms with van der Waals surface area (Å²) in [6, 6.07) is -1.04. The van der Waals surface area contributed by atoms with Crippen LogP contribution in [0.2, 0.25) is 0 Å². The molecule has 0 atom stereocenters. The zero-order chi connectivity index (χ0) is 10.6. The summed E-state index contributed by atoms with van der Waals surface area (Å²) in [5, 5.41) is 15.1. The minimum Gasteiger partial charge on any atom is -0.329 e. The quantitative estimate of drug-likeness (QED) is 0.634. The summed E-state index contributed by atoms with van der Waals surface area (Å²) < 4.78 is 34.8. The molecule has 1 aromatic rings. The van der Waals surface area contributed by atoms with Crippen molar-refractivity contribution in [2.45, 2.75) is 6.18 Å². The Morgan fingerprint density at radius 3 is 2.71 bits per heavy atom. The van der Waals surface area contributed by atoms with E-state index in [1.54, 1.807) is 5.32 Å². The van der Waals surface area contributed by atoms with Crippen molar-refractivity contribution in [3.8, 4) is 0 Å². The Labute approximate surface area is 75.1 Å². The van der Waals surface area contributed by atoms with E-state index in [1.807, 2.05) is 5.32 Å². The maximum absolute atomic E-state index is 11.6. The second-order valence-electron chi connectivity index (χ2n) is 2.17. The number of aromatic nitrogens is 4. The van der Waals surface area contributed by atoms with Crippen molar-refractivity contribution in [2.75, 3.05) is 11.9 Å². The van der Waals surface area contributed by atoms with Gasteiger partial charge in [-0.3, -0.25) is 5.32 Å². The molecule has 1 aromatic heterocycles. The first kappa shape index (κ1) is 10.2. The number of anilines is 1. The van der Waals surface area contributed by atoms with Gasteiger partial charge in [-0.25, -0.2) is 9.89 Å². The molecule has 3 N–H and O–H groups in total. The van der Waals surface area contributed by atoms with Gasteiger partial charge >= 0.3 is 12.2 Å². The normalized spacial score (nSPS) is 11.1. The third-order valence-corrected chi connectivity index (χ3v) is 1.03. The lowest BCUT2D eigenvalue weighted by molar-refractivity contribution is -0.122.